The van der Waals surface area contributed by atoms with Gasteiger partial charge in [-0.3, -0.25) is 15.1 Å². The molecular formula is C24H24ClN4O3+. The van der Waals surface area contributed by atoms with Crippen LogP contribution in [0.4, 0.5) is 0 Å². The number of aromatic amines is 1. The Morgan fingerprint density at radius 1 is 1.28 bits per heavy atom. The van der Waals surface area contributed by atoms with E-state index < -0.39 is 0 Å². The normalized spacial score (nSPS) is 12.0. The molecule has 0 saturated heterocycles. The molecule has 2 aromatic heterocycles. The van der Waals surface area contributed by atoms with Crippen molar-refractivity contribution < 1.29 is 19.5 Å². The highest BCUT2D eigenvalue weighted by Gasteiger charge is 2.25. The third kappa shape index (κ3) is 4.11. The molecule has 2 N–H and O–H groups in total. The van der Waals surface area contributed by atoms with Gasteiger partial charge in [-0.15, -0.1) is 0 Å². The predicted octanol–water partition coefficient (Wildman–Crippen LogP) is 4.64. The van der Waals surface area contributed by atoms with E-state index in [1.165, 1.54) is 0 Å². The second-order valence-electron chi connectivity index (χ2n) is 7.54. The van der Waals surface area contributed by atoms with E-state index in [-0.39, 0.29) is 11.9 Å². The number of nitrogens with zero attached hydrogens (tertiary/aromatic N) is 3. The van der Waals surface area contributed by atoms with Gasteiger partial charge in [0.25, 0.3) is 5.91 Å². The van der Waals surface area contributed by atoms with Crippen molar-refractivity contribution in [1.82, 2.24) is 15.1 Å². The van der Waals surface area contributed by atoms with Crippen molar-refractivity contribution in [1.29, 1.82) is 0 Å². The molecule has 0 fully saturated rings. The van der Waals surface area contributed by atoms with Gasteiger partial charge in [-0.1, -0.05) is 23.7 Å². The van der Waals surface area contributed by atoms with Gasteiger partial charge in [-0.2, -0.15) is 5.10 Å². The first kappa shape index (κ1) is 21.6. The Labute approximate surface area is 190 Å². The second-order valence-corrected chi connectivity index (χ2v) is 7.98. The largest absolute Gasteiger partial charge is 0.493 e. The van der Waals surface area contributed by atoms with Gasteiger partial charge in [0.2, 0.25) is 12.4 Å². The fourth-order valence-electron chi connectivity index (χ4n) is 3.74. The van der Waals surface area contributed by atoms with Gasteiger partial charge in [0.05, 0.1) is 35.3 Å². The number of rotatable bonds is 6. The number of pyridine rings is 1. The third-order valence-electron chi connectivity index (χ3n) is 5.52. The van der Waals surface area contributed by atoms with Gasteiger partial charge in [0.15, 0.2) is 0 Å². The fourth-order valence-corrected chi connectivity index (χ4v) is 3.93. The Morgan fingerprint density at radius 2 is 2.09 bits per heavy atom. The molecule has 0 aliphatic heterocycles. The number of amides is 1. The van der Waals surface area contributed by atoms with Crippen LogP contribution in [0.3, 0.4) is 0 Å². The van der Waals surface area contributed by atoms with Gasteiger partial charge in [-0.05, 0) is 49.7 Å². The van der Waals surface area contributed by atoms with Crippen LogP contribution >= 0.6 is 11.6 Å². The Kier molecular flexibility index (Phi) is 6.01. The minimum absolute atomic E-state index is 0.169. The lowest BCUT2D eigenvalue weighted by Crippen LogP contribution is -2.34. The smallest absolute Gasteiger partial charge is 0.254 e. The van der Waals surface area contributed by atoms with Gasteiger partial charge < -0.3 is 9.64 Å². The summed E-state index contributed by atoms with van der Waals surface area (Å²) in [6, 6.07) is 12.6. The van der Waals surface area contributed by atoms with Crippen LogP contribution in [0.1, 0.15) is 35.8 Å². The third-order valence-corrected chi connectivity index (χ3v) is 5.75. The van der Waals surface area contributed by atoms with Crippen molar-refractivity contribution >= 4 is 28.4 Å². The summed E-state index contributed by atoms with van der Waals surface area (Å²) in [5.74, 6) is 0.447. The molecule has 164 valence electrons. The zero-order chi connectivity index (χ0) is 22.8. The van der Waals surface area contributed by atoms with Gasteiger partial charge >= 0.3 is 0 Å². The van der Waals surface area contributed by atoms with Crippen LogP contribution in [0, 0.1) is 0 Å². The number of ether oxygens (including phenoxy) is 1. The number of carbonyl (C=O) groups excluding carboxylic acids is 1. The highest BCUT2D eigenvalue weighted by Crippen LogP contribution is 2.33. The Balaban J connectivity index is 1.67. The van der Waals surface area contributed by atoms with E-state index in [2.05, 4.69) is 10.2 Å². The van der Waals surface area contributed by atoms with E-state index in [1.54, 1.807) is 42.7 Å². The molecule has 0 aliphatic rings. The maximum absolute atomic E-state index is 13.3. The minimum Gasteiger partial charge on any atom is -0.493 e. The highest BCUT2D eigenvalue weighted by molar-refractivity contribution is 6.30. The van der Waals surface area contributed by atoms with Gasteiger partial charge in [0, 0.05) is 27.9 Å². The van der Waals surface area contributed by atoms with Crippen molar-refractivity contribution in [2.75, 3.05) is 13.7 Å². The van der Waals surface area contributed by atoms with Gasteiger partial charge in [-0.25, -0.2) is 0 Å². The number of fused-ring (bicyclic) bond motifs is 1. The van der Waals surface area contributed by atoms with E-state index in [4.69, 9.17) is 16.3 Å². The summed E-state index contributed by atoms with van der Waals surface area (Å²) >= 11 is 6.16. The second kappa shape index (κ2) is 8.88. The number of carbonyl (C=O) groups is 1. The lowest BCUT2D eigenvalue weighted by atomic mass is 10.0. The summed E-state index contributed by atoms with van der Waals surface area (Å²) in [5, 5.41) is 18.4. The molecule has 0 aliphatic carbocycles. The molecule has 0 radical (unpaired) electrons. The van der Waals surface area contributed by atoms with Crippen LogP contribution in [-0.4, -0.2) is 39.9 Å². The number of nitrogens with one attached hydrogen (secondary N) is 1. The van der Waals surface area contributed by atoms with Crippen molar-refractivity contribution in [3.63, 3.8) is 0 Å². The lowest BCUT2D eigenvalue weighted by molar-refractivity contribution is -0.904. The molecule has 1 atom stereocenters. The lowest BCUT2D eigenvalue weighted by Gasteiger charge is -2.25. The molecule has 7 nitrogen and oxygen atoms in total. The summed E-state index contributed by atoms with van der Waals surface area (Å²) in [6.07, 6.45) is 4.76. The number of aromatic nitrogens is 3. The monoisotopic (exact) mass is 451 g/mol. The molecule has 4 aromatic rings. The number of hydrogen-bond acceptors (Lipinski definition) is 4. The maximum atomic E-state index is 13.3. The first-order valence-corrected chi connectivity index (χ1v) is 10.6. The van der Waals surface area contributed by atoms with E-state index >= 15 is 0 Å². The van der Waals surface area contributed by atoms with Crippen LogP contribution in [-0.2, 0) is 0 Å². The van der Waals surface area contributed by atoms with Crippen LogP contribution in [0.2, 0.25) is 5.02 Å². The molecule has 2 heterocycles. The summed E-state index contributed by atoms with van der Waals surface area (Å²) in [5.41, 5.74) is 3.81. The number of hydrogen-bond donors (Lipinski definition) is 2. The minimum atomic E-state index is -0.326. The molecule has 0 spiro atoms. The van der Waals surface area contributed by atoms with E-state index in [9.17, 15) is 10.0 Å². The van der Waals surface area contributed by atoms with E-state index in [1.807, 2.05) is 44.2 Å². The molecule has 0 unspecified atom stereocenters. The van der Waals surface area contributed by atoms with Crippen LogP contribution in [0.25, 0.3) is 22.0 Å². The predicted molar refractivity (Wildman–Crippen MR) is 122 cm³/mol. The number of H-pyrrole nitrogens is 1. The first-order chi connectivity index (χ1) is 15.4. The van der Waals surface area contributed by atoms with Crippen LogP contribution in [0.15, 0.2) is 61.1 Å². The first-order valence-electron chi connectivity index (χ1n) is 10.3. The quantitative estimate of drug-likeness (QED) is 0.330. The molecule has 0 bridgehead atoms. The zero-order valence-corrected chi connectivity index (χ0v) is 18.8. The molecule has 1 amide bonds. The average Bonchev–Trinajstić information content (AvgIpc) is 3.25. The van der Waals surface area contributed by atoms with Crippen LogP contribution < -0.4 is 9.47 Å². The number of benzene rings is 2. The Morgan fingerprint density at radius 3 is 2.84 bits per heavy atom. The molecule has 4 rings (SSSR count). The summed E-state index contributed by atoms with van der Waals surface area (Å²) < 4.78 is 6.83. The van der Waals surface area contributed by atoms with Crippen LogP contribution in [0.5, 0.6) is 5.75 Å². The topological polar surface area (TPSA) is 82.3 Å². The SMILES string of the molecule is CCOc1cc(C(=O)N(C)[C@H](C)c2c[n+](O)cc3cn[nH]c23)ccc1-c1cccc(Cl)c1. The molecule has 32 heavy (non-hydrogen) atoms. The average molecular weight is 452 g/mol. The number of halogens is 1. The molecule has 2 aromatic carbocycles. The molecule has 8 heteroatoms. The molecule has 0 saturated carbocycles. The summed E-state index contributed by atoms with van der Waals surface area (Å²) in [6.45, 7) is 4.27. The zero-order valence-electron chi connectivity index (χ0n) is 18.0. The van der Waals surface area contributed by atoms with Crippen molar-refractivity contribution in [3.8, 4) is 16.9 Å². The highest BCUT2D eigenvalue weighted by atomic mass is 35.5. The summed E-state index contributed by atoms with van der Waals surface area (Å²) in [4.78, 5) is 15.0. The maximum Gasteiger partial charge on any atom is 0.254 e. The standard InChI is InChI=1S/C24H23ClN4O3/c1-4-32-22-11-17(8-9-20(22)16-6-5-7-19(25)10-16)24(30)28(3)15(2)21-14-29(31)13-18-12-26-27-23(18)21/h5-15,31H,4H2,1-3H3/p+1/t15-/m1/s1. The van der Waals surface area contributed by atoms with Crippen molar-refractivity contribution in [3.05, 3.63) is 77.2 Å². The Hall–Kier alpha value is -3.58. The van der Waals surface area contributed by atoms with Crippen molar-refractivity contribution in [2.24, 2.45) is 0 Å². The fraction of sp³-hybridized carbons (Fsp3) is 0.208. The van der Waals surface area contributed by atoms with Gasteiger partial charge in [0.1, 0.15) is 5.75 Å². The Bertz CT molecular complexity index is 1290. The summed E-state index contributed by atoms with van der Waals surface area (Å²) in [7, 11) is 1.73. The van der Waals surface area contributed by atoms with E-state index in [0.717, 1.165) is 32.3 Å². The van der Waals surface area contributed by atoms with E-state index in [0.29, 0.717) is 22.9 Å². The van der Waals surface area contributed by atoms with Crippen molar-refractivity contribution in [2.45, 2.75) is 19.9 Å². The molecular weight excluding hydrogens is 428 g/mol.